The smallest absolute Gasteiger partial charge is 0.408 e. The zero-order chi connectivity index (χ0) is 26.3. The second kappa shape index (κ2) is 12.2. The lowest BCUT2D eigenvalue weighted by Gasteiger charge is -2.35. The SMILES string of the molecule is C=C(C)CC(NC(=O)[C@@H]1CCCN1C(=O)C(NC(=O)OC(C)(C)C)C1CCCCC1)C(=O)C(N)=O. The minimum absolute atomic E-state index is 0.0549. The van der Waals surface area contributed by atoms with Crippen molar-refractivity contribution < 1.29 is 28.7 Å². The minimum Gasteiger partial charge on any atom is -0.444 e. The molecule has 4 amide bonds. The van der Waals surface area contributed by atoms with Crippen LogP contribution in [0.2, 0.25) is 0 Å². The molecule has 3 atom stereocenters. The molecule has 2 rings (SSSR count). The van der Waals surface area contributed by atoms with Crippen molar-refractivity contribution in [2.75, 3.05) is 6.54 Å². The highest BCUT2D eigenvalue weighted by Crippen LogP contribution is 2.29. The van der Waals surface area contributed by atoms with Crippen molar-refractivity contribution in [3.63, 3.8) is 0 Å². The molecule has 0 bridgehead atoms. The number of ketones is 1. The van der Waals surface area contributed by atoms with E-state index in [-0.39, 0.29) is 18.2 Å². The molecule has 0 radical (unpaired) electrons. The Bertz CT molecular complexity index is 843. The van der Waals surface area contributed by atoms with Gasteiger partial charge in [-0.3, -0.25) is 19.2 Å². The third kappa shape index (κ3) is 8.36. The first-order chi connectivity index (χ1) is 16.3. The van der Waals surface area contributed by atoms with Gasteiger partial charge in [0.25, 0.3) is 5.91 Å². The summed E-state index contributed by atoms with van der Waals surface area (Å²) in [5, 5.41) is 5.36. The maximum absolute atomic E-state index is 13.7. The number of hydrogen-bond acceptors (Lipinski definition) is 6. The standard InChI is InChI=1S/C25H40N4O6/c1-15(2)14-17(20(30)21(26)31)27-22(32)18-12-9-13-29(18)23(33)19(16-10-7-6-8-11-16)28-24(34)35-25(3,4)5/h16-19H,1,6-14H2,2-5H3,(H2,26,31)(H,27,32)(H,28,34)/t17?,18-,19?/m0/s1. The number of primary amides is 1. The van der Waals surface area contributed by atoms with E-state index >= 15 is 0 Å². The summed E-state index contributed by atoms with van der Waals surface area (Å²) in [4.78, 5) is 64.5. The van der Waals surface area contributed by atoms with Crippen molar-refractivity contribution >= 4 is 29.6 Å². The number of nitrogens with two attached hydrogens (primary N) is 1. The highest BCUT2D eigenvalue weighted by atomic mass is 16.6. The van der Waals surface area contributed by atoms with E-state index in [4.69, 9.17) is 10.5 Å². The molecule has 1 aliphatic carbocycles. The Morgan fingerprint density at radius 1 is 1.03 bits per heavy atom. The van der Waals surface area contributed by atoms with Crippen LogP contribution in [0.3, 0.4) is 0 Å². The average Bonchev–Trinajstić information content (AvgIpc) is 3.25. The predicted molar refractivity (Wildman–Crippen MR) is 130 cm³/mol. The Kier molecular flexibility index (Phi) is 9.85. The molecule has 35 heavy (non-hydrogen) atoms. The number of ether oxygens (including phenoxy) is 1. The molecule has 0 aromatic heterocycles. The molecule has 0 spiro atoms. The third-order valence-corrected chi connectivity index (χ3v) is 6.33. The van der Waals surface area contributed by atoms with E-state index in [2.05, 4.69) is 17.2 Å². The van der Waals surface area contributed by atoms with Crippen LogP contribution >= 0.6 is 0 Å². The molecule has 1 saturated heterocycles. The lowest BCUT2D eigenvalue weighted by molar-refractivity contribution is -0.143. The van der Waals surface area contributed by atoms with E-state index in [1.165, 1.54) is 4.90 Å². The number of nitrogens with zero attached hydrogens (tertiary/aromatic N) is 1. The maximum Gasteiger partial charge on any atom is 0.408 e. The van der Waals surface area contributed by atoms with Crippen LogP contribution in [0, 0.1) is 5.92 Å². The van der Waals surface area contributed by atoms with Crippen LogP contribution in [0.4, 0.5) is 4.79 Å². The molecule has 1 saturated carbocycles. The van der Waals surface area contributed by atoms with Crippen LogP contribution in [0.5, 0.6) is 0 Å². The molecule has 196 valence electrons. The number of likely N-dealkylation sites (tertiary alicyclic amines) is 1. The van der Waals surface area contributed by atoms with Gasteiger partial charge in [-0.1, -0.05) is 24.8 Å². The molecule has 10 nitrogen and oxygen atoms in total. The van der Waals surface area contributed by atoms with Crippen LogP contribution in [0.15, 0.2) is 12.2 Å². The summed E-state index contributed by atoms with van der Waals surface area (Å²) in [5.41, 5.74) is 5.03. The fourth-order valence-corrected chi connectivity index (χ4v) is 4.76. The van der Waals surface area contributed by atoms with Gasteiger partial charge in [0.2, 0.25) is 17.6 Å². The van der Waals surface area contributed by atoms with E-state index in [1.807, 2.05) is 0 Å². The fourth-order valence-electron chi connectivity index (χ4n) is 4.76. The van der Waals surface area contributed by atoms with Crippen LogP contribution < -0.4 is 16.4 Å². The van der Waals surface area contributed by atoms with Gasteiger partial charge in [-0.15, -0.1) is 6.58 Å². The second-order valence-corrected chi connectivity index (χ2v) is 10.7. The zero-order valence-corrected chi connectivity index (χ0v) is 21.4. The minimum atomic E-state index is -1.14. The number of amides is 4. The first-order valence-corrected chi connectivity index (χ1v) is 12.4. The van der Waals surface area contributed by atoms with E-state index < -0.39 is 47.4 Å². The zero-order valence-electron chi connectivity index (χ0n) is 21.4. The Hall–Kier alpha value is -2.91. The van der Waals surface area contributed by atoms with Crippen molar-refractivity contribution in [3.8, 4) is 0 Å². The van der Waals surface area contributed by atoms with Gasteiger partial charge in [-0.2, -0.15) is 0 Å². The molecular formula is C25H40N4O6. The molecule has 2 aliphatic rings. The topological polar surface area (TPSA) is 148 Å². The van der Waals surface area contributed by atoms with E-state index in [9.17, 15) is 24.0 Å². The maximum atomic E-state index is 13.7. The van der Waals surface area contributed by atoms with Crippen molar-refractivity contribution in [1.82, 2.24) is 15.5 Å². The Balaban J connectivity index is 2.20. The van der Waals surface area contributed by atoms with Crippen molar-refractivity contribution in [1.29, 1.82) is 0 Å². The van der Waals surface area contributed by atoms with Gasteiger partial charge in [0, 0.05) is 6.54 Å². The normalized spacial score (nSPS) is 20.5. The van der Waals surface area contributed by atoms with E-state index in [0.717, 1.165) is 32.1 Å². The number of alkyl carbamates (subject to hydrolysis) is 1. The summed E-state index contributed by atoms with van der Waals surface area (Å²) in [5.74, 6) is -2.98. The summed E-state index contributed by atoms with van der Waals surface area (Å²) in [7, 11) is 0. The van der Waals surface area contributed by atoms with Gasteiger partial charge < -0.3 is 26.0 Å². The van der Waals surface area contributed by atoms with Crippen LogP contribution in [-0.4, -0.2) is 64.8 Å². The van der Waals surface area contributed by atoms with Gasteiger partial charge in [-0.25, -0.2) is 4.79 Å². The highest BCUT2D eigenvalue weighted by molar-refractivity contribution is 6.37. The highest BCUT2D eigenvalue weighted by Gasteiger charge is 2.42. The number of rotatable bonds is 9. The first-order valence-electron chi connectivity index (χ1n) is 12.4. The van der Waals surface area contributed by atoms with Gasteiger partial charge in [-0.05, 0) is 65.7 Å². The molecule has 1 aliphatic heterocycles. The third-order valence-electron chi connectivity index (χ3n) is 6.33. The molecule has 2 fully saturated rings. The number of carbonyl (C=O) groups is 5. The molecule has 1 heterocycles. The Labute approximate surface area is 207 Å². The van der Waals surface area contributed by atoms with Crippen molar-refractivity contribution in [2.24, 2.45) is 11.7 Å². The summed E-state index contributed by atoms with van der Waals surface area (Å²) in [6, 6.07) is -2.76. The van der Waals surface area contributed by atoms with E-state index in [1.54, 1.807) is 27.7 Å². The molecule has 0 aromatic carbocycles. The van der Waals surface area contributed by atoms with Gasteiger partial charge >= 0.3 is 6.09 Å². The van der Waals surface area contributed by atoms with Crippen molar-refractivity contribution in [3.05, 3.63) is 12.2 Å². The summed E-state index contributed by atoms with van der Waals surface area (Å²) < 4.78 is 5.39. The van der Waals surface area contributed by atoms with Crippen molar-refractivity contribution in [2.45, 2.75) is 103 Å². The average molecular weight is 493 g/mol. The van der Waals surface area contributed by atoms with Crippen LogP contribution in [0.1, 0.15) is 79.1 Å². The summed E-state index contributed by atoms with van der Waals surface area (Å²) in [6.45, 7) is 11.0. The summed E-state index contributed by atoms with van der Waals surface area (Å²) in [6.07, 6.45) is 5.01. The lowest BCUT2D eigenvalue weighted by Crippen LogP contribution is -2.58. The largest absolute Gasteiger partial charge is 0.444 e. The fraction of sp³-hybridized carbons (Fsp3) is 0.720. The van der Waals surface area contributed by atoms with Crippen LogP contribution in [-0.2, 0) is 23.9 Å². The molecule has 10 heteroatoms. The lowest BCUT2D eigenvalue weighted by atomic mass is 9.83. The second-order valence-electron chi connectivity index (χ2n) is 10.7. The Morgan fingerprint density at radius 2 is 1.66 bits per heavy atom. The van der Waals surface area contributed by atoms with Gasteiger partial charge in [0.1, 0.15) is 23.7 Å². The summed E-state index contributed by atoms with van der Waals surface area (Å²) >= 11 is 0. The number of nitrogens with one attached hydrogen (secondary N) is 2. The monoisotopic (exact) mass is 492 g/mol. The quantitative estimate of drug-likeness (QED) is 0.331. The molecule has 4 N–H and O–H groups in total. The molecular weight excluding hydrogens is 452 g/mol. The van der Waals surface area contributed by atoms with E-state index in [0.29, 0.717) is 25.0 Å². The van der Waals surface area contributed by atoms with Crippen LogP contribution in [0.25, 0.3) is 0 Å². The number of carbonyl (C=O) groups excluding carboxylic acids is 5. The predicted octanol–water partition coefficient (Wildman–Crippen LogP) is 1.96. The number of Topliss-reactive ketones (excluding diaryl/α,β-unsaturated/α-hetero) is 1. The number of hydrogen-bond donors (Lipinski definition) is 3. The Morgan fingerprint density at radius 3 is 2.20 bits per heavy atom. The van der Waals surface area contributed by atoms with Gasteiger partial charge in [0.15, 0.2) is 0 Å². The molecule has 2 unspecified atom stereocenters. The molecule has 0 aromatic rings. The van der Waals surface area contributed by atoms with Gasteiger partial charge in [0.05, 0.1) is 0 Å². The first kappa shape index (κ1) is 28.3.